The molecular formula is C14H24N4O. The highest BCUT2D eigenvalue weighted by molar-refractivity contribution is 5.38. The van der Waals surface area contributed by atoms with E-state index in [1.807, 2.05) is 12.1 Å². The molecule has 0 amide bonds. The second kappa shape index (κ2) is 6.32. The summed E-state index contributed by atoms with van der Waals surface area (Å²) in [4.78, 5) is 8.67. The maximum absolute atomic E-state index is 9.51. The molecule has 3 N–H and O–H groups in total. The molecule has 2 rings (SSSR count). The van der Waals surface area contributed by atoms with E-state index in [0.29, 0.717) is 17.7 Å². The molecule has 5 heteroatoms. The van der Waals surface area contributed by atoms with Crippen LogP contribution in [0.4, 0.5) is 5.82 Å². The standard InChI is InChI=1S/C14H24N4O/c1-17(2)6-12-8-18(9-13(12)10-19)7-11-4-3-5-16-14(11)15/h3-5,12-13,19H,6-10H2,1-2H3,(H2,15,16). The molecule has 106 valence electrons. The number of likely N-dealkylation sites (tertiary alicyclic amines) is 1. The SMILES string of the molecule is CN(C)CC1CN(Cc2cccnc2N)CC1CO. The smallest absolute Gasteiger partial charge is 0.127 e. The van der Waals surface area contributed by atoms with Crippen molar-refractivity contribution in [1.82, 2.24) is 14.8 Å². The van der Waals surface area contributed by atoms with Crippen molar-refractivity contribution in [3.05, 3.63) is 23.9 Å². The third-order valence-corrected chi connectivity index (χ3v) is 3.81. The summed E-state index contributed by atoms with van der Waals surface area (Å²) in [6, 6.07) is 3.94. The van der Waals surface area contributed by atoms with Gasteiger partial charge in [0.1, 0.15) is 5.82 Å². The Kier molecular flexibility index (Phi) is 4.74. The van der Waals surface area contributed by atoms with Gasteiger partial charge < -0.3 is 15.7 Å². The van der Waals surface area contributed by atoms with E-state index in [9.17, 15) is 5.11 Å². The number of hydrogen-bond donors (Lipinski definition) is 2. The zero-order valence-electron chi connectivity index (χ0n) is 11.8. The molecule has 1 saturated heterocycles. The molecule has 1 aromatic heterocycles. The minimum Gasteiger partial charge on any atom is -0.396 e. The summed E-state index contributed by atoms with van der Waals surface area (Å²) >= 11 is 0. The van der Waals surface area contributed by atoms with Crippen molar-refractivity contribution in [1.29, 1.82) is 0 Å². The van der Waals surface area contributed by atoms with Crippen LogP contribution in [0.3, 0.4) is 0 Å². The molecule has 0 radical (unpaired) electrons. The summed E-state index contributed by atoms with van der Waals surface area (Å²) in [5.41, 5.74) is 6.96. The number of hydrogen-bond acceptors (Lipinski definition) is 5. The van der Waals surface area contributed by atoms with Gasteiger partial charge >= 0.3 is 0 Å². The van der Waals surface area contributed by atoms with Crippen molar-refractivity contribution >= 4 is 5.82 Å². The Balaban J connectivity index is 1.98. The van der Waals surface area contributed by atoms with Gasteiger partial charge in [0.25, 0.3) is 0 Å². The molecular weight excluding hydrogens is 240 g/mol. The lowest BCUT2D eigenvalue weighted by Gasteiger charge is -2.20. The number of nitrogens with two attached hydrogens (primary N) is 1. The first-order chi connectivity index (χ1) is 9.10. The number of aliphatic hydroxyl groups excluding tert-OH is 1. The zero-order valence-corrected chi connectivity index (χ0v) is 11.8. The molecule has 2 atom stereocenters. The summed E-state index contributed by atoms with van der Waals surface area (Å²) in [6.45, 7) is 4.04. The van der Waals surface area contributed by atoms with Crippen LogP contribution in [0.15, 0.2) is 18.3 Å². The minimum absolute atomic E-state index is 0.261. The van der Waals surface area contributed by atoms with E-state index in [2.05, 4.69) is 28.9 Å². The third kappa shape index (κ3) is 3.65. The molecule has 0 bridgehead atoms. The van der Waals surface area contributed by atoms with Crippen molar-refractivity contribution < 1.29 is 5.11 Å². The highest BCUT2D eigenvalue weighted by atomic mass is 16.3. The summed E-state index contributed by atoms with van der Waals surface area (Å²) in [5, 5.41) is 9.51. The second-order valence-corrected chi connectivity index (χ2v) is 5.71. The van der Waals surface area contributed by atoms with E-state index >= 15 is 0 Å². The van der Waals surface area contributed by atoms with Gasteiger partial charge in [0.2, 0.25) is 0 Å². The van der Waals surface area contributed by atoms with Gasteiger partial charge in [0, 0.05) is 44.5 Å². The molecule has 0 saturated carbocycles. The van der Waals surface area contributed by atoms with Crippen molar-refractivity contribution in [3.63, 3.8) is 0 Å². The molecule has 19 heavy (non-hydrogen) atoms. The minimum atomic E-state index is 0.261. The number of anilines is 1. The van der Waals surface area contributed by atoms with Crippen LogP contribution in [0.1, 0.15) is 5.56 Å². The summed E-state index contributed by atoms with van der Waals surface area (Å²) in [7, 11) is 4.16. The van der Waals surface area contributed by atoms with Crippen LogP contribution in [0.2, 0.25) is 0 Å². The van der Waals surface area contributed by atoms with Gasteiger partial charge in [-0.2, -0.15) is 0 Å². The molecule has 2 heterocycles. The Morgan fingerprint density at radius 2 is 2.16 bits per heavy atom. The van der Waals surface area contributed by atoms with Gasteiger partial charge in [-0.25, -0.2) is 4.98 Å². The van der Waals surface area contributed by atoms with E-state index in [1.165, 1.54) is 0 Å². The first-order valence-electron chi connectivity index (χ1n) is 6.77. The van der Waals surface area contributed by atoms with Gasteiger partial charge in [-0.15, -0.1) is 0 Å². The lowest BCUT2D eigenvalue weighted by atomic mass is 9.97. The van der Waals surface area contributed by atoms with Gasteiger partial charge in [0.05, 0.1) is 0 Å². The highest BCUT2D eigenvalue weighted by Gasteiger charge is 2.32. The van der Waals surface area contributed by atoms with Gasteiger partial charge in [-0.3, -0.25) is 4.90 Å². The molecule has 5 nitrogen and oxygen atoms in total. The predicted molar refractivity (Wildman–Crippen MR) is 76.5 cm³/mol. The van der Waals surface area contributed by atoms with Gasteiger partial charge in [0.15, 0.2) is 0 Å². The monoisotopic (exact) mass is 264 g/mol. The van der Waals surface area contributed by atoms with E-state index in [1.54, 1.807) is 6.20 Å². The molecule has 0 aromatic carbocycles. The Bertz CT molecular complexity index is 410. The number of rotatable bonds is 5. The zero-order chi connectivity index (χ0) is 13.8. The summed E-state index contributed by atoms with van der Waals surface area (Å²) < 4.78 is 0. The van der Waals surface area contributed by atoms with Gasteiger partial charge in [-0.1, -0.05) is 6.07 Å². The fourth-order valence-electron chi connectivity index (χ4n) is 2.87. The average molecular weight is 264 g/mol. The molecule has 2 unspecified atom stereocenters. The molecule has 0 aliphatic carbocycles. The Morgan fingerprint density at radius 3 is 2.79 bits per heavy atom. The van der Waals surface area contributed by atoms with E-state index < -0.39 is 0 Å². The molecule has 1 aromatic rings. The quantitative estimate of drug-likeness (QED) is 0.799. The number of pyridine rings is 1. The number of nitrogens with zero attached hydrogens (tertiary/aromatic N) is 3. The lowest BCUT2D eigenvalue weighted by Crippen LogP contribution is -2.28. The van der Waals surface area contributed by atoms with Crippen LogP contribution in [0, 0.1) is 11.8 Å². The van der Waals surface area contributed by atoms with Crippen LogP contribution in [0.25, 0.3) is 0 Å². The highest BCUT2D eigenvalue weighted by Crippen LogP contribution is 2.25. The topological polar surface area (TPSA) is 65.6 Å². The van der Waals surface area contributed by atoms with Crippen molar-refractivity contribution in [2.24, 2.45) is 11.8 Å². The second-order valence-electron chi connectivity index (χ2n) is 5.71. The number of aliphatic hydroxyl groups is 1. The summed E-state index contributed by atoms with van der Waals surface area (Å²) in [6.07, 6.45) is 1.72. The Morgan fingerprint density at radius 1 is 1.42 bits per heavy atom. The first kappa shape index (κ1) is 14.2. The Labute approximate surface area is 115 Å². The fourth-order valence-corrected chi connectivity index (χ4v) is 2.87. The lowest BCUT2D eigenvalue weighted by molar-refractivity contribution is 0.183. The van der Waals surface area contributed by atoms with Crippen molar-refractivity contribution in [2.45, 2.75) is 6.54 Å². The molecule has 1 fully saturated rings. The van der Waals surface area contributed by atoms with Crippen molar-refractivity contribution in [2.75, 3.05) is 46.1 Å². The maximum Gasteiger partial charge on any atom is 0.127 e. The average Bonchev–Trinajstić information content (AvgIpc) is 2.73. The predicted octanol–water partition coefficient (Wildman–Crippen LogP) is 0.266. The Hall–Kier alpha value is -1.17. The van der Waals surface area contributed by atoms with Crippen LogP contribution in [0.5, 0.6) is 0 Å². The van der Waals surface area contributed by atoms with Crippen molar-refractivity contribution in [3.8, 4) is 0 Å². The molecule has 0 spiro atoms. The van der Waals surface area contributed by atoms with Gasteiger partial charge in [-0.05, 0) is 32.0 Å². The first-order valence-corrected chi connectivity index (χ1v) is 6.77. The number of nitrogen functional groups attached to an aromatic ring is 1. The van der Waals surface area contributed by atoms with Crippen LogP contribution in [-0.2, 0) is 6.54 Å². The summed E-state index contributed by atoms with van der Waals surface area (Å²) in [5.74, 6) is 1.50. The van der Waals surface area contributed by atoms with E-state index in [-0.39, 0.29) is 6.61 Å². The number of aromatic nitrogens is 1. The van der Waals surface area contributed by atoms with Crippen LogP contribution >= 0.6 is 0 Å². The maximum atomic E-state index is 9.51. The largest absolute Gasteiger partial charge is 0.396 e. The normalized spacial score (nSPS) is 24.2. The third-order valence-electron chi connectivity index (χ3n) is 3.81. The van der Waals surface area contributed by atoms with E-state index in [0.717, 1.165) is 31.7 Å². The molecule has 1 aliphatic heterocycles. The molecule has 1 aliphatic rings. The fraction of sp³-hybridized carbons (Fsp3) is 0.643. The van der Waals surface area contributed by atoms with Crippen LogP contribution < -0.4 is 5.73 Å². The van der Waals surface area contributed by atoms with E-state index in [4.69, 9.17) is 5.73 Å². The van der Waals surface area contributed by atoms with Crippen LogP contribution in [-0.4, -0.2) is 60.2 Å².